The molecular weight excluding hydrogens is 353 g/mol. The molecule has 0 fully saturated rings. The number of hydrogen-bond acceptors (Lipinski definition) is 5. The third kappa shape index (κ3) is 6.10. The summed E-state index contributed by atoms with van der Waals surface area (Å²) in [6.45, 7) is 6.09. The van der Waals surface area contributed by atoms with Crippen molar-refractivity contribution in [1.29, 1.82) is 0 Å². The average Bonchev–Trinajstić information content (AvgIpc) is 2.55. The maximum Gasteiger partial charge on any atom is 0.342 e. The Bertz CT molecular complexity index is 556. The van der Waals surface area contributed by atoms with Crippen molar-refractivity contribution >= 4 is 25.1 Å². The van der Waals surface area contributed by atoms with Gasteiger partial charge >= 0.3 is 7.60 Å². The Morgan fingerprint density at radius 1 is 1.21 bits per heavy atom. The molecule has 1 atom stereocenters. The highest BCUT2D eigenvalue weighted by atomic mass is 35.5. The molecule has 136 valence electrons. The van der Waals surface area contributed by atoms with Crippen LogP contribution in [0.15, 0.2) is 24.3 Å². The summed E-state index contributed by atoms with van der Waals surface area (Å²) in [7, 11) is -1.83. The van der Waals surface area contributed by atoms with E-state index in [1.54, 1.807) is 52.1 Å². The number of rotatable bonds is 10. The van der Waals surface area contributed by atoms with Crippen LogP contribution in [0.25, 0.3) is 0 Å². The van der Waals surface area contributed by atoms with Gasteiger partial charge in [-0.3, -0.25) is 9.36 Å². The highest BCUT2D eigenvalue weighted by Crippen LogP contribution is 2.53. The van der Waals surface area contributed by atoms with E-state index < -0.39 is 13.3 Å². The van der Waals surface area contributed by atoms with Gasteiger partial charge < -0.3 is 18.7 Å². The molecule has 0 heterocycles. The van der Waals surface area contributed by atoms with Crippen LogP contribution in [0.1, 0.15) is 20.8 Å². The molecule has 1 aromatic carbocycles. The summed E-state index contributed by atoms with van der Waals surface area (Å²) in [5, 5.41) is 0.631. The van der Waals surface area contributed by atoms with Crippen molar-refractivity contribution < 1.29 is 23.1 Å². The van der Waals surface area contributed by atoms with Crippen molar-refractivity contribution in [3.8, 4) is 5.75 Å². The lowest BCUT2D eigenvalue weighted by Crippen LogP contribution is -2.38. The summed E-state index contributed by atoms with van der Waals surface area (Å²) in [5.74, 6) is 0.363. The normalized spacial score (nSPS) is 12.7. The summed E-state index contributed by atoms with van der Waals surface area (Å²) in [5.41, 5.74) is -0.863. The molecule has 1 rings (SSSR count). The Morgan fingerprint density at radius 2 is 1.75 bits per heavy atom. The molecule has 24 heavy (non-hydrogen) atoms. The van der Waals surface area contributed by atoms with Crippen LogP contribution >= 0.6 is 19.2 Å². The van der Waals surface area contributed by atoms with Crippen molar-refractivity contribution in [2.75, 3.05) is 33.4 Å². The molecule has 0 aromatic heterocycles. The summed E-state index contributed by atoms with van der Waals surface area (Å²) >= 11 is 5.81. The summed E-state index contributed by atoms with van der Waals surface area (Å²) < 4.78 is 28.7. The summed E-state index contributed by atoms with van der Waals surface area (Å²) in [6, 6.07) is 6.97. The molecule has 6 nitrogen and oxygen atoms in total. The van der Waals surface area contributed by atoms with Crippen molar-refractivity contribution in [2.45, 2.75) is 26.4 Å². The van der Waals surface area contributed by atoms with Gasteiger partial charge in [-0.25, -0.2) is 0 Å². The van der Waals surface area contributed by atoms with Crippen LogP contribution in [0.4, 0.5) is 0 Å². The molecule has 1 aromatic rings. The van der Waals surface area contributed by atoms with Crippen molar-refractivity contribution in [3.63, 3.8) is 0 Å². The summed E-state index contributed by atoms with van der Waals surface area (Å²) in [6.07, 6.45) is 0. The van der Waals surface area contributed by atoms with Crippen molar-refractivity contribution in [3.05, 3.63) is 29.3 Å². The first-order valence-corrected chi connectivity index (χ1v) is 9.85. The number of amides is 1. The van der Waals surface area contributed by atoms with Gasteiger partial charge in [-0.1, -0.05) is 11.6 Å². The zero-order valence-electron chi connectivity index (χ0n) is 14.5. The summed E-state index contributed by atoms with van der Waals surface area (Å²) in [4.78, 5) is 13.9. The van der Waals surface area contributed by atoms with Crippen molar-refractivity contribution in [2.24, 2.45) is 0 Å². The van der Waals surface area contributed by atoms with Gasteiger partial charge in [-0.05, 0) is 45.0 Å². The lowest BCUT2D eigenvalue weighted by molar-refractivity contribution is -0.129. The Balaban J connectivity index is 2.56. The number of likely N-dealkylation sites (N-methyl/N-ethyl adjacent to an activating group) is 1. The third-order valence-corrected chi connectivity index (χ3v) is 5.99. The van der Waals surface area contributed by atoms with Gasteiger partial charge in [0, 0.05) is 12.1 Å². The molecule has 0 N–H and O–H groups in total. The predicted molar refractivity (Wildman–Crippen MR) is 94.9 cm³/mol. The monoisotopic (exact) mass is 377 g/mol. The van der Waals surface area contributed by atoms with E-state index in [1.807, 2.05) is 0 Å². The predicted octanol–water partition coefficient (Wildman–Crippen LogP) is 3.83. The van der Waals surface area contributed by atoms with E-state index in [0.29, 0.717) is 23.9 Å². The largest absolute Gasteiger partial charge is 0.492 e. The molecule has 0 saturated carbocycles. The highest BCUT2D eigenvalue weighted by Gasteiger charge is 2.38. The highest BCUT2D eigenvalue weighted by molar-refractivity contribution is 7.55. The topological polar surface area (TPSA) is 65.1 Å². The minimum absolute atomic E-state index is 0.221. The number of carbonyl (C=O) groups excluding carboxylic acids is 1. The molecule has 0 aliphatic rings. The fraction of sp³-hybridized carbons (Fsp3) is 0.562. The molecule has 0 saturated heterocycles. The van der Waals surface area contributed by atoms with E-state index in [2.05, 4.69) is 0 Å². The van der Waals surface area contributed by atoms with Crippen LogP contribution in [-0.4, -0.2) is 49.9 Å². The maximum absolute atomic E-state index is 12.7. The molecule has 1 unspecified atom stereocenters. The van der Waals surface area contributed by atoms with Crippen LogP contribution in [0, 0.1) is 0 Å². The molecule has 0 spiro atoms. The van der Waals surface area contributed by atoms with E-state index in [4.69, 9.17) is 25.4 Å². The van der Waals surface area contributed by atoms with E-state index in [-0.39, 0.29) is 19.1 Å². The maximum atomic E-state index is 12.7. The van der Waals surface area contributed by atoms with Crippen LogP contribution in [-0.2, 0) is 18.4 Å². The number of benzene rings is 1. The minimum atomic E-state index is -3.46. The van der Waals surface area contributed by atoms with Gasteiger partial charge in [0.05, 0.1) is 19.8 Å². The molecular formula is C16H25ClNO5P. The number of hydrogen-bond donors (Lipinski definition) is 0. The van der Waals surface area contributed by atoms with E-state index in [1.165, 1.54) is 4.90 Å². The van der Waals surface area contributed by atoms with Gasteiger partial charge in [-0.2, -0.15) is 0 Å². The lowest BCUT2D eigenvalue weighted by atomic mass is 10.3. The van der Waals surface area contributed by atoms with Gasteiger partial charge in [0.15, 0.2) is 0 Å². The Kier molecular flexibility index (Phi) is 8.78. The SMILES string of the molecule is CCOP(=O)(OCC)C(C)C(=O)N(C)CCOc1ccc(Cl)cc1. The van der Waals surface area contributed by atoms with Crippen LogP contribution in [0.3, 0.4) is 0 Å². The van der Waals surface area contributed by atoms with Gasteiger partial charge in [-0.15, -0.1) is 0 Å². The number of halogens is 1. The number of carbonyl (C=O) groups is 1. The minimum Gasteiger partial charge on any atom is -0.492 e. The van der Waals surface area contributed by atoms with Crippen molar-refractivity contribution in [1.82, 2.24) is 4.90 Å². The number of ether oxygens (including phenoxy) is 1. The molecule has 8 heteroatoms. The van der Waals surface area contributed by atoms with Gasteiger partial charge in [0.2, 0.25) is 5.91 Å². The Morgan fingerprint density at radius 3 is 2.25 bits per heavy atom. The Hall–Kier alpha value is -1.07. The molecule has 0 bridgehead atoms. The molecule has 0 radical (unpaired) electrons. The standard InChI is InChI=1S/C16H25ClNO5P/c1-5-22-24(20,23-6-2)13(3)16(19)18(4)11-12-21-15-9-7-14(17)8-10-15/h7-10,13H,5-6,11-12H2,1-4H3. The van der Waals surface area contributed by atoms with E-state index in [0.717, 1.165) is 0 Å². The smallest absolute Gasteiger partial charge is 0.342 e. The zero-order valence-corrected chi connectivity index (χ0v) is 16.2. The zero-order chi connectivity index (χ0) is 18.2. The fourth-order valence-electron chi connectivity index (χ4n) is 2.02. The van der Waals surface area contributed by atoms with Crippen LogP contribution in [0.5, 0.6) is 5.75 Å². The second kappa shape index (κ2) is 10.0. The van der Waals surface area contributed by atoms with E-state index >= 15 is 0 Å². The quantitative estimate of drug-likeness (QED) is 0.580. The number of nitrogens with zero attached hydrogens (tertiary/aromatic N) is 1. The average molecular weight is 378 g/mol. The second-order valence-corrected chi connectivity index (χ2v) is 7.92. The molecule has 0 aliphatic carbocycles. The Labute approximate surface area is 148 Å². The fourth-order valence-corrected chi connectivity index (χ4v) is 3.85. The van der Waals surface area contributed by atoms with Crippen LogP contribution in [0.2, 0.25) is 5.02 Å². The van der Waals surface area contributed by atoms with Gasteiger partial charge in [0.25, 0.3) is 0 Å². The molecule has 1 amide bonds. The van der Waals surface area contributed by atoms with Crippen LogP contribution < -0.4 is 4.74 Å². The van der Waals surface area contributed by atoms with E-state index in [9.17, 15) is 9.36 Å². The first-order valence-electron chi connectivity index (χ1n) is 7.86. The third-order valence-electron chi connectivity index (χ3n) is 3.34. The molecule has 0 aliphatic heterocycles. The lowest BCUT2D eigenvalue weighted by Gasteiger charge is -2.26. The first-order chi connectivity index (χ1) is 11.3. The first kappa shape index (κ1) is 21.0. The second-order valence-electron chi connectivity index (χ2n) is 5.11. The van der Waals surface area contributed by atoms with Gasteiger partial charge in [0.1, 0.15) is 18.0 Å².